The number of hydrogen-bond acceptors (Lipinski definition) is 3. The highest BCUT2D eigenvalue weighted by atomic mass is 16.3. The van der Waals surface area contributed by atoms with Crippen LogP contribution in [-0.4, -0.2) is 36.1 Å². The fourth-order valence-electron chi connectivity index (χ4n) is 2.56. The van der Waals surface area contributed by atoms with Gasteiger partial charge in [-0.2, -0.15) is 0 Å². The number of hydrogen-bond donors (Lipinski definition) is 2. The van der Waals surface area contributed by atoms with Crippen molar-refractivity contribution in [2.75, 3.05) is 0 Å². The monoisotopic (exact) mass is 302 g/mol. The van der Waals surface area contributed by atoms with E-state index in [2.05, 4.69) is 12.7 Å². The summed E-state index contributed by atoms with van der Waals surface area (Å²) in [7, 11) is 5.43. The Morgan fingerprint density at radius 3 is 2.86 bits per heavy atom. The first-order valence-corrected chi connectivity index (χ1v) is 8.30. The second kappa shape index (κ2) is 10.6. The first kappa shape index (κ1) is 19.0. The van der Waals surface area contributed by atoms with E-state index < -0.39 is 12.2 Å². The summed E-state index contributed by atoms with van der Waals surface area (Å²) in [5.41, 5.74) is 3.86. The van der Waals surface area contributed by atoms with E-state index in [9.17, 15) is 15.0 Å². The molecule has 2 radical (unpaired) electrons. The quantitative estimate of drug-likeness (QED) is 0.298. The van der Waals surface area contributed by atoms with Gasteiger partial charge in [0.2, 0.25) is 0 Å². The molecule has 0 amide bonds. The van der Waals surface area contributed by atoms with Crippen molar-refractivity contribution in [2.24, 2.45) is 5.92 Å². The molecular formula is C18H27BO3. The number of Topliss-reactive ketones (excluding diaryl/α,β-unsaturated/α-hetero) is 1. The van der Waals surface area contributed by atoms with Gasteiger partial charge in [0.25, 0.3) is 0 Å². The SMILES string of the molecule is [B]CCC/C=C\C[C@H]1C(=O)C(O)CC1=C=CC(O)CCCC. The predicted molar refractivity (Wildman–Crippen MR) is 89.8 cm³/mol. The third kappa shape index (κ3) is 6.35. The van der Waals surface area contributed by atoms with Crippen molar-refractivity contribution >= 4 is 13.6 Å². The number of allylic oxidation sites excluding steroid dienone is 2. The first-order valence-electron chi connectivity index (χ1n) is 8.30. The van der Waals surface area contributed by atoms with Crippen LogP contribution in [0, 0.1) is 5.92 Å². The Morgan fingerprint density at radius 2 is 2.18 bits per heavy atom. The molecule has 22 heavy (non-hydrogen) atoms. The molecule has 0 aromatic rings. The van der Waals surface area contributed by atoms with Crippen LogP contribution < -0.4 is 0 Å². The average Bonchev–Trinajstić information content (AvgIpc) is 2.78. The lowest BCUT2D eigenvalue weighted by Gasteiger charge is -2.06. The normalized spacial score (nSPS) is 23.0. The van der Waals surface area contributed by atoms with Crippen LogP contribution >= 0.6 is 0 Å². The molecule has 0 aromatic carbocycles. The number of aliphatic hydroxyl groups is 2. The van der Waals surface area contributed by atoms with E-state index in [1.165, 1.54) is 0 Å². The lowest BCUT2D eigenvalue weighted by atomic mass is 9.97. The largest absolute Gasteiger partial charge is 0.388 e. The van der Waals surface area contributed by atoms with Gasteiger partial charge in [0.05, 0.1) is 19.9 Å². The second-order valence-electron chi connectivity index (χ2n) is 5.86. The summed E-state index contributed by atoms with van der Waals surface area (Å²) in [6, 6.07) is 0. The molecule has 0 saturated heterocycles. The topological polar surface area (TPSA) is 57.5 Å². The van der Waals surface area contributed by atoms with Crippen LogP contribution in [0.5, 0.6) is 0 Å². The maximum Gasteiger partial charge on any atom is 0.169 e. The number of rotatable bonds is 9. The Balaban J connectivity index is 2.67. The molecule has 0 aromatic heterocycles. The zero-order valence-corrected chi connectivity index (χ0v) is 13.5. The summed E-state index contributed by atoms with van der Waals surface area (Å²) in [5.74, 6) is -0.443. The van der Waals surface area contributed by atoms with Crippen LogP contribution in [0.25, 0.3) is 0 Å². The van der Waals surface area contributed by atoms with Crippen LogP contribution in [0.1, 0.15) is 51.9 Å². The van der Waals surface area contributed by atoms with Gasteiger partial charge in [0.15, 0.2) is 5.78 Å². The fraction of sp³-hybridized carbons (Fsp3) is 0.667. The summed E-state index contributed by atoms with van der Waals surface area (Å²) < 4.78 is 0. The third-order valence-corrected chi connectivity index (χ3v) is 3.93. The summed E-state index contributed by atoms with van der Waals surface area (Å²) >= 11 is 0. The van der Waals surface area contributed by atoms with Crippen molar-refractivity contribution in [1.29, 1.82) is 0 Å². The van der Waals surface area contributed by atoms with Gasteiger partial charge in [-0.1, -0.05) is 44.7 Å². The number of carbonyl (C=O) groups is 1. The number of carbonyl (C=O) groups excluding carboxylic acids is 1. The van der Waals surface area contributed by atoms with E-state index in [0.29, 0.717) is 25.6 Å². The molecule has 0 bridgehead atoms. The summed E-state index contributed by atoms with van der Waals surface area (Å²) in [6.45, 7) is 2.08. The standard InChI is InChI=1S/C18H27BO3/c1-2-3-8-15(20)11-10-14-13-17(21)18(22)16(14)9-6-4-5-7-12-19/h4,6,11,15-17,20-21H,2-3,5,7-9,12-13H2,1H3/b6-4-/t10?,15?,16-,17?/m1/s1. The zero-order chi connectivity index (χ0) is 16.4. The lowest BCUT2D eigenvalue weighted by Crippen LogP contribution is -2.17. The number of aliphatic hydroxyl groups excluding tert-OH is 2. The summed E-state index contributed by atoms with van der Waals surface area (Å²) in [6.07, 6.45) is 10.3. The number of unbranched alkanes of at least 4 members (excludes halogenated alkanes) is 2. The van der Waals surface area contributed by atoms with E-state index in [4.69, 9.17) is 7.85 Å². The highest BCUT2D eigenvalue weighted by Gasteiger charge is 2.36. The maximum absolute atomic E-state index is 12.0. The van der Waals surface area contributed by atoms with Crippen LogP contribution in [0.3, 0.4) is 0 Å². The van der Waals surface area contributed by atoms with Gasteiger partial charge in [-0.05, 0) is 30.9 Å². The molecular weight excluding hydrogens is 275 g/mol. The molecule has 1 rings (SSSR count). The van der Waals surface area contributed by atoms with Crippen LogP contribution in [0.4, 0.5) is 0 Å². The average molecular weight is 302 g/mol. The molecule has 1 saturated carbocycles. The molecule has 1 aliphatic carbocycles. The maximum atomic E-state index is 12.0. The van der Waals surface area contributed by atoms with Crippen molar-refractivity contribution < 1.29 is 15.0 Å². The minimum Gasteiger partial charge on any atom is -0.388 e. The van der Waals surface area contributed by atoms with Gasteiger partial charge >= 0.3 is 0 Å². The van der Waals surface area contributed by atoms with E-state index in [-0.39, 0.29) is 11.7 Å². The highest BCUT2D eigenvalue weighted by molar-refractivity contribution is 6.08. The molecule has 3 atom stereocenters. The molecule has 0 aliphatic heterocycles. The van der Waals surface area contributed by atoms with Gasteiger partial charge in [-0.25, -0.2) is 0 Å². The Morgan fingerprint density at radius 1 is 1.41 bits per heavy atom. The van der Waals surface area contributed by atoms with Crippen molar-refractivity contribution in [2.45, 2.75) is 70.4 Å². The smallest absolute Gasteiger partial charge is 0.169 e. The van der Waals surface area contributed by atoms with E-state index in [0.717, 1.165) is 31.3 Å². The predicted octanol–water partition coefficient (Wildman–Crippen LogP) is 2.88. The van der Waals surface area contributed by atoms with E-state index >= 15 is 0 Å². The summed E-state index contributed by atoms with van der Waals surface area (Å²) in [4.78, 5) is 12.0. The Hall–Kier alpha value is -1.09. The Bertz CT molecular complexity index is 436. The Kier molecular flexibility index (Phi) is 9.14. The lowest BCUT2D eigenvalue weighted by molar-refractivity contribution is -0.127. The van der Waals surface area contributed by atoms with Gasteiger partial charge in [0.1, 0.15) is 6.10 Å². The number of ketones is 1. The van der Waals surface area contributed by atoms with E-state index in [1.807, 2.05) is 12.2 Å². The third-order valence-electron chi connectivity index (χ3n) is 3.93. The molecule has 4 heteroatoms. The molecule has 0 spiro atoms. The van der Waals surface area contributed by atoms with Crippen LogP contribution in [0.2, 0.25) is 6.32 Å². The molecule has 1 aliphatic rings. The van der Waals surface area contributed by atoms with E-state index in [1.54, 1.807) is 6.08 Å². The minimum atomic E-state index is -0.925. The van der Waals surface area contributed by atoms with Gasteiger partial charge < -0.3 is 10.2 Å². The zero-order valence-electron chi connectivity index (χ0n) is 13.5. The molecule has 1 fully saturated rings. The first-order chi connectivity index (χ1) is 10.6. The minimum absolute atomic E-state index is 0.137. The Labute approximate surface area is 135 Å². The second-order valence-corrected chi connectivity index (χ2v) is 5.86. The molecule has 0 heterocycles. The molecule has 3 nitrogen and oxygen atoms in total. The van der Waals surface area contributed by atoms with Gasteiger partial charge in [-0.3, -0.25) is 4.79 Å². The summed E-state index contributed by atoms with van der Waals surface area (Å²) in [5, 5.41) is 19.6. The van der Waals surface area contributed by atoms with Crippen LogP contribution in [0.15, 0.2) is 29.5 Å². The molecule has 2 N–H and O–H groups in total. The highest BCUT2D eigenvalue weighted by Crippen LogP contribution is 2.30. The van der Waals surface area contributed by atoms with Crippen molar-refractivity contribution in [3.05, 3.63) is 29.5 Å². The molecule has 120 valence electrons. The van der Waals surface area contributed by atoms with Crippen molar-refractivity contribution in [3.63, 3.8) is 0 Å². The van der Waals surface area contributed by atoms with Crippen molar-refractivity contribution in [3.8, 4) is 0 Å². The van der Waals surface area contributed by atoms with Gasteiger partial charge in [0, 0.05) is 6.42 Å². The van der Waals surface area contributed by atoms with Gasteiger partial charge in [-0.15, -0.1) is 5.73 Å². The molecule has 2 unspecified atom stereocenters. The van der Waals surface area contributed by atoms with Crippen LogP contribution in [-0.2, 0) is 4.79 Å². The van der Waals surface area contributed by atoms with Crippen molar-refractivity contribution in [1.82, 2.24) is 0 Å². The fourth-order valence-corrected chi connectivity index (χ4v) is 2.56.